The van der Waals surface area contributed by atoms with Crippen LogP contribution in [0.1, 0.15) is 27.5 Å². The zero-order valence-electron chi connectivity index (χ0n) is 15.8. The minimum Gasteiger partial charge on any atom is -0.355 e. The van der Waals surface area contributed by atoms with E-state index in [1.54, 1.807) is 31.3 Å². The Labute approximate surface area is 160 Å². The number of benzene rings is 2. The highest BCUT2D eigenvalue weighted by Gasteiger charge is 2.28. The van der Waals surface area contributed by atoms with Crippen LogP contribution in [0.25, 0.3) is 6.08 Å². The molecule has 2 amide bonds. The third-order valence-electron chi connectivity index (χ3n) is 4.87. The molecule has 2 aromatic carbocycles. The molecule has 5 nitrogen and oxygen atoms in total. The number of carbonyl (C=O) groups is 2. The van der Waals surface area contributed by atoms with Crippen molar-refractivity contribution < 1.29 is 9.59 Å². The van der Waals surface area contributed by atoms with Crippen molar-refractivity contribution in [2.24, 2.45) is 0 Å². The van der Waals surface area contributed by atoms with Crippen LogP contribution in [-0.2, 0) is 4.79 Å². The normalized spacial score (nSPS) is 17.9. The molecule has 27 heavy (non-hydrogen) atoms. The lowest BCUT2D eigenvalue weighted by atomic mass is 10.0. The molecule has 140 valence electrons. The van der Waals surface area contributed by atoms with Gasteiger partial charge in [-0.1, -0.05) is 42.5 Å². The molecule has 1 fully saturated rings. The van der Waals surface area contributed by atoms with Crippen molar-refractivity contribution in [3.8, 4) is 0 Å². The molecule has 0 bridgehead atoms. The molecule has 1 aliphatic rings. The van der Waals surface area contributed by atoms with E-state index in [0.717, 1.165) is 24.2 Å². The minimum absolute atomic E-state index is 0.00679. The molecule has 5 heteroatoms. The minimum atomic E-state index is -0.121. The van der Waals surface area contributed by atoms with Gasteiger partial charge in [-0.2, -0.15) is 0 Å². The van der Waals surface area contributed by atoms with Crippen molar-refractivity contribution >= 4 is 17.9 Å². The van der Waals surface area contributed by atoms with Crippen LogP contribution < -0.4 is 5.32 Å². The van der Waals surface area contributed by atoms with Crippen LogP contribution in [0.3, 0.4) is 0 Å². The van der Waals surface area contributed by atoms with E-state index in [1.807, 2.05) is 35.2 Å². The van der Waals surface area contributed by atoms with Crippen molar-refractivity contribution in [2.45, 2.75) is 6.04 Å². The standard InChI is InChI=1S/C22H25N3O2/c1-23-22(27)19-11-8-17(9-12-19)10-13-21(26)25-15-14-24(2)16-20(25)18-6-4-3-5-7-18/h3-13,20H,14-16H2,1-2H3,(H,23,27)/b13-10+. The Hall–Kier alpha value is -2.92. The van der Waals surface area contributed by atoms with E-state index >= 15 is 0 Å². The summed E-state index contributed by atoms with van der Waals surface area (Å²) in [5, 5.41) is 2.60. The highest BCUT2D eigenvalue weighted by Crippen LogP contribution is 2.25. The first-order valence-electron chi connectivity index (χ1n) is 9.13. The monoisotopic (exact) mass is 363 g/mol. The number of carbonyl (C=O) groups excluding carboxylic acids is 2. The lowest BCUT2D eigenvalue weighted by molar-refractivity contribution is -0.130. The molecule has 1 heterocycles. The lowest BCUT2D eigenvalue weighted by Gasteiger charge is -2.39. The summed E-state index contributed by atoms with van der Waals surface area (Å²) in [6.45, 7) is 2.39. The Morgan fingerprint density at radius 3 is 2.41 bits per heavy atom. The van der Waals surface area contributed by atoms with Crippen LogP contribution in [0.15, 0.2) is 60.7 Å². The van der Waals surface area contributed by atoms with Crippen LogP contribution in [0, 0.1) is 0 Å². The number of amides is 2. The maximum absolute atomic E-state index is 12.8. The Bertz CT molecular complexity index is 815. The van der Waals surface area contributed by atoms with Gasteiger partial charge >= 0.3 is 0 Å². The van der Waals surface area contributed by atoms with E-state index in [4.69, 9.17) is 0 Å². The number of nitrogens with zero attached hydrogens (tertiary/aromatic N) is 2. The molecule has 1 unspecified atom stereocenters. The second-order valence-corrected chi connectivity index (χ2v) is 6.75. The number of rotatable bonds is 4. The molecule has 1 aliphatic heterocycles. The average molecular weight is 363 g/mol. The zero-order chi connectivity index (χ0) is 19.2. The summed E-state index contributed by atoms with van der Waals surface area (Å²) in [7, 11) is 3.69. The van der Waals surface area contributed by atoms with Gasteiger partial charge in [0.2, 0.25) is 5.91 Å². The molecule has 0 saturated carbocycles. The van der Waals surface area contributed by atoms with E-state index in [2.05, 4.69) is 29.4 Å². The van der Waals surface area contributed by atoms with Crippen molar-refractivity contribution in [1.29, 1.82) is 0 Å². The van der Waals surface area contributed by atoms with Gasteiger partial charge in [0.05, 0.1) is 6.04 Å². The number of nitrogens with one attached hydrogen (secondary N) is 1. The first-order valence-corrected chi connectivity index (χ1v) is 9.13. The molecule has 0 radical (unpaired) electrons. The number of piperazine rings is 1. The van der Waals surface area contributed by atoms with Crippen LogP contribution >= 0.6 is 0 Å². The molecule has 0 aliphatic carbocycles. The third kappa shape index (κ3) is 4.63. The topological polar surface area (TPSA) is 52.7 Å². The second kappa shape index (κ2) is 8.64. The highest BCUT2D eigenvalue weighted by atomic mass is 16.2. The summed E-state index contributed by atoms with van der Waals surface area (Å²) in [4.78, 5) is 28.6. The summed E-state index contributed by atoms with van der Waals surface area (Å²) in [5.74, 6) is -0.114. The van der Waals surface area contributed by atoms with E-state index in [-0.39, 0.29) is 17.9 Å². The predicted octanol–water partition coefficient (Wildman–Crippen LogP) is 2.57. The second-order valence-electron chi connectivity index (χ2n) is 6.75. The van der Waals surface area contributed by atoms with E-state index in [1.165, 1.54) is 0 Å². The molecule has 0 aromatic heterocycles. The lowest BCUT2D eigenvalue weighted by Crippen LogP contribution is -2.48. The van der Waals surface area contributed by atoms with Crippen LogP contribution in [0.5, 0.6) is 0 Å². The molecule has 1 atom stereocenters. The summed E-state index contributed by atoms with van der Waals surface area (Å²) >= 11 is 0. The fourth-order valence-corrected chi connectivity index (χ4v) is 3.30. The molecular formula is C22H25N3O2. The average Bonchev–Trinajstić information content (AvgIpc) is 2.72. The summed E-state index contributed by atoms with van der Waals surface area (Å²) < 4.78 is 0. The molecule has 3 rings (SSSR count). The quantitative estimate of drug-likeness (QED) is 0.850. The van der Waals surface area contributed by atoms with Crippen LogP contribution in [-0.4, -0.2) is 55.3 Å². The molecule has 0 spiro atoms. The Kier molecular flexibility index (Phi) is 6.04. The maximum atomic E-state index is 12.8. The zero-order valence-corrected chi connectivity index (χ0v) is 15.8. The van der Waals surface area contributed by atoms with Crippen molar-refractivity contribution in [1.82, 2.24) is 15.1 Å². The summed E-state index contributed by atoms with van der Waals surface area (Å²) in [6, 6.07) is 17.4. The van der Waals surface area contributed by atoms with Gasteiger partial charge in [0.1, 0.15) is 0 Å². The highest BCUT2D eigenvalue weighted by molar-refractivity contribution is 5.95. The van der Waals surface area contributed by atoms with Crippen molar-refractivity contribution in [3.05, 3.63) is 77.4 Å². The van der Waals surface area contributed by atoms with Gasteiger partial charge in [0.15, 0.2) is 0 Å². The third-order valence-corrected chi connectivity index (χ3v) is 4.87. The smallest absolute Gasteiger partial charge is 0.251 e. The van der Waals surface area contributed by atoms with Gasteiger partial charge in [0, 0.05) is 38.3 Å². The van der Waals surface area contributed by atoms with Gasteiger partial charge in [-0.05, 0) is 36.4 Å². The Balaban J connectivity index is 1.73. The predicted molar refractivity (Wildman–Crippen MR) is 107 cm³/mol. The first kappa shape index (κ1) is 18.9. The molecule has 1 saturated heterocycles. The van der Waals surface area contributed by atoms with Gasteiger partial charge < -0.3 is 15.1 Å². The fraction of sp³-hybridized carbons (Fsp3) is 0.273. The van der Waals surface area contributed by atoms with Crippen LogP contribution in [0.2, 0.25) is 0 Å². The molecule has 1 N–H and O–H groups in total. The number of likely N-dealkylation sites (N-methyl/N-ethyl adjacent to an activating group) is 1. The molecule has 2 aromatic rings. The molecular weight excluding hydrogens is 338 g/mol. The Morgan fingerprint density at radius 1 is 1.04 bits per heavy atom. The van der Waals surface area contributed by atoms with E-state index < -0.39 is 0 Å². The first-order chi connectivity index (χ1) is 13.1. The van der Waals surface area contributed by atoms with Crippen LogP contribution in [0.4, 0.5) is 0 Å². The largest absolute Gasteiger partial charge is 0.355 e. The summed E-state index contributed by atoms with van der Waals surface area (Å²) in [6.07, 6.45) is 3.42. The van der Waals surface area contributed by atoms with Gasteiger partial charge in [-0.3, -0.25) is 9.59 Å². The van der Waals surface area contributed by atoms with Crippen molar-refractivity contribution in [3.63, 3.8) is 0 Å². The summed E-state index contributed by atoms with van der Waals surface area (Å²) in [5.41, 5.74) is 2.64. The SMILES string of the molecule is CNC(=O)c1ccc(/C=C/C(=O)N2CCN(C)CC2c2ccccc2)cc1. The fourth-order valence-electron chi connectivity index (χ4n) is 3.30. The van der Waals surface area contributed by atoms with E-state index in [0.29, 0.717) is 12.1 Å². The maximum Gasteiger partial charge on any atom is 0.251 e. The van der Waals surface area contributed by atoms with Gasteiger partial charge in [-0.25, -0.2) is 0 Å². The van der Waals surface area contributed by atoms with Gasteiger partial charge in [-0.15, -0.1) is 0 Å². The van der Waals surface area contributed by atoms with E-state index in [9.17, 15) is 9.59 Å². The van der Waals surface area contributed by atoms with Gasteiger partial charge in [0.25, 0.3) is 5.91 Å². The Morgan fingerprint density at radius 2 is 1.74 bits per heavy atom. The number of hydrogen-bond acceptors (Lipinski definition) is 3. The number of hydrogen-bond donors (Lipinski definition) is 1. The van der Waals surface area contributed by atoms with Crippen molar-refractivity contribution in [2.75, 3.05) is 33.7 Å².